The number of hydrogen-bond donors (Lipinski definition) is 1. The summed E-state index contributed by atoms with van der Waals surface area (Å²) in [5, 5.41) is 2.90. The molecule has 1 aliphatic rings. The molecule has 0 spiro atoms. The van der Waals surface area contributed by atoms with Crippen molar-refractivity contribution in [2.45, 2.75) is 32.7 Å². The number of hydrogen-bond acceptors (Lipinski definition) is 3. The fourth-order valence-corrected chi connectivity index (χ4v) is 4.00. The Kier molecular flexibility index (Phi) is 7.43. The average molecular weight is 471 g/mol. The van der Waals surface area contributed by atoms with Gasteiger partial charge in [-0.25, -0.2) is 0 Å². The molecule has 1 N–H and O–H groups in total. The molecule has 2 aromatic rings. The number of carbonyl (C=O) groups excluding carboxylic acids is 3. The van der Waals surface area contributed by atoms with Gasteiger partial charge in [0.15, 0.2) is 5.78 Å². The van der Waals surface area contributed by atoms with Crippen molar-refractivity contribution in [1.29, 1.82) is 0 Å². The number of ketones is 1. The smallest absolute Gasteiger partial charge is 0.251 e. The Morgan fingerprint density at radius 3 is 2.10 bits per heavy atom. The quantitative estimate of drug-likeness (QED) is 0.638. The van der Waals surface area contributed by atoms with Crippen LogP contribution in [0.3, 0.4) is 0 Å². The summed E-state index contributed by atoms with van der Waals surface area (Å²) in [6, 6.07) is 15.8. The number of rotatable bonds is 6. The van der Waals surface area contributed by atoms with Crippen LogP contribution in [0.15, 0.2) is 59.1 Å². The molecule has 1 saturated heterocycles. The van der Waals surface area contributed by atoms with Crippen molar-refractivity contribution in [3.05, 3.63) is 70.2 Å². The molecule has 0 aromatic heterocycles. The van der Waals surface area contributed by atoms with E-state index < -0.39 is 6.04 Å². The van der Waals surface area contributed by atoms with Gasteiger partial charge < -0.3 is 10.2 Å². The molecule has 1 atom stereocenters. The maximum atomic E-state index is 13.1. The Balaban J connectivity index is 1.60. The van der Waals surface area contributed by atoms with Gasteiger partial charge in [-0.3, -0.25) is 14.4 Å². The Bertz CT molecular complexity index is 888. The van der Waals surface area contributed by atoms with Crippen LogP contribution in [-0.4, -0.2) is 41.6 Å². The minimum atomic E-state index is -0.595. The molecule has 158 valence electrons. The molecule has 3 rings (SSSR count). The molecule has 6 heteroatoms. The van der Waals surface area contributed by atoms with Crippen LogP contribution in [0, 0.1) is 11.8 Å². The van der Waals surface area contributed by atoms with E-state index in [9.17, 15) is 14.4 Å². The fourth-order valence-electron chi connectivity index (χ4n) is 3.74. The lowest BCUT2D eigenvalue weighted by Crippen LogP contribution is -2.53. The van der Waals surface area contributed by atoms with E-state index in [4.69, 9.17) is 0 Å². The number of amides is 2. The van der Waals surface area contributed by atoms with Gasteiger partial charge in [0.1, 0.15) is 6.04 Å². The molecule has 0 saturated carbocycles. The zero-order valence-corrected chi connectivity index (χ0v) is 18.9. The largest absolute Gasteiger partial charge is 0.341 e. The molecular formula is C24H27BrN2O3. The highest BCUT2D eigenvalue weighted by molar-refractivity contribution is 9.10. The number of likely N-dealkylation sites (tertiary alicyclic amines) is 1. The van der Waals surface area contributed by atoms with Crippen molar-refractivity contribution in [2.75, 3.05) is 13.1 Å². The maximum absolute atomic E-state index is 13.1. The van der Waals surface area contributed by atoms with E-state index in [2.05, 4.69) is 21.2 Å². The Morgan fingerprint density at radius 1 is 0.933 bits per heavy atom. The second kappa shape index (κ2) is 10.0. The topological polar surface area (TPSA) is 66.5 Å². The molecule has 1 heterocycles. The normalized spacial score (nSPS) is 15.7. The molecule has 1 fully saturated rings. The standard InChI is InChI=1S/C24H27BrN2O3/c1-16(2)21(26-23(29)19-8-10-20(25)11-9-19)24(30)27-14-12-18(13-15-27)22(28)17-6-4-3-5-7-17/h3-11,16,18,21H,12-15H2,1-2H3,(H,26,29)/t21-/m1/s1. The molecule has 0 bridgehead atoms. The predicted molar refractivity (Wildman–Crippen MR) is 120 cm³/mol. The van der Waals surface area contributed by atoms with Gasteiger partial charge in [0, 0.05) is 34.6 Å². The van der Waals surface area contributed by atoms with E-state index in [-0.39, 0.29) is 29.4 Å². The number of nitrogens with zero attached hydrogens (tertiary/aromatic N) is 1. The van der Waals surface area contributed by atoms with E-state index in [1.54, 1.807) is 29.2 Å². The van der Waals surface area contributed by atoms with Crippen LogP contribution in [0.4, 0.5) is 0 Å². The van der Waals surface area contributed by atoms with E-state index in [0.717, 1.165) is 10.0 Å². The summed E-state index contributed by atoms with van der Waals surface area (Å²) >= 11 is 3.36. The van der Waals surface area contributed by atoms with E-state index >= 15 is 0 Å². The monoisotopic (exact) mass is 470 g/mol. The Hall–Kier alpha value is -2.47. The molecule has 30 heavy (non-hydrogen) atoms. The van der Waals surface area contributed by atoms with Gasteiger partial charge >= 0.3 is 0 Å². The molecule has 1 aliphatic heterocycles. The van der Waals surface area contributed by atoms with Gasteiger partial charge in [-0.05, 0) is 43.0 Å². The molecule has 0 unspecified atom stereocenters. The number of nitrogens with one attached hydrogen (secondary N) is 1. The minimum absolute atomic E-state index is 0.0411. The van der Waals surface area contributed by atoms with Crippen LogP contribution < -0.4 is 5.32 Å². The number of carbonyl (C=O) groups is 3. The summed E-state index contributed by atoms with van der Waals surface area (Å²) in [7, 11) is 0. The highest BCUT2D eigenvalue weighted by Crippen LogP contribution is 2.23. The number of benzene rings is 2. The fraction of sp³-hybridized carbons (Fsp3) is 0.375. The van der Waals surface area contributed by atoms with Crippen molar-refractivity contribution in [3.8, 4) is 0 Å². The molecular weight excluding hydrogens is 444 g/mol. The summed E-state index contributed by atoms with van der Waals surface area (Å²) in [4.78, 5) is 40.2. The van der Waals surface area contributed by atoms with E-state index in [0.29, 0.717) is 31.5 Å². The summed E-state index contributed by atoms with van der Waals surface area (Å²) in [5.74, 6) is -0.303. The third-order valence-corrected chi connectivity index (χ3v) is 6.09. The first kappa shape index (κ1) is 22.2. The maximum Gasteiger partial charge on any atom is 0.251 e. The predicted octanol–water partition coefficient (Wildman–Crippen LogP) is 4.33. The van der Waals surface area contributed by atoms with Gasteiger partial charge in [-0.15, -0.1) is 0 Å². The summed E-state index contributed by atoms with van der Waals surface area (Å²) in [5.41, 5.74) is 1.24. The van der Waals surface area contributed by atoms with E-state index in [1.807, 2.05) is 44.2 Å². The van der Waals surface area contributed by atoms with Crippen molar-refractivity contribution < 1.29 is 14.4 Å². The third kappa shape index (κ3) is 5.36. The van der Waals surface area contributed by atoms with Crippen LogP contribution >= 0.6 is 15.9 Å². The van der Waals surface area contributed by atoms with Gasteiger partial charge in [-0.1, -0.05) is 60.1 Å². The zero-order valence-electron chi connectivity index (χ0n) is 17.3. The summed E-state index contributed by atoms with van der Waals surface area (Å²) in [6.07, 6.45) is 1.29. The highest BCUT2D eigenvalue weighted by atomic mass is 79.9. The van der Waals surface area contributed by atoms with Crippen molar-refractivity contribution in [2.24, 2.45) is 11.8 Å². The first-order valence-corrected chi connectivity index (χ1v) is 11.1. The second-order valence-corrected chi connectivity index (χ2v) is 8.95. The van der Waals surface area contributed by atoms with E-state index in [1.165, 1.54) is 0 Å². The number of halogens is 1. The van der Waals surface area contributed by atoms with Gasteiger partial charge in [0.25, 0.3) is 5.91 Å². The Labute approximate surface area is 186 Å². The third-order valence-electron chi connectivity index (χ3n) is 5.56. The number of Topliss-reactive ketones (excluding diaryl/α,β-unsaturated/α-hetero) is 1. The summed E-state index contributed by atoms with van der Waals surface area (Å²) in [6.45, 7) is 4.91. The lowest BCUT2D eigenvalue weighted by Gasteiger charge is -2.35. The number of piperidine rings is 1. The lowest BCUT2D eigenvalue weighted by atomic mass is 9.88. The van der Waals surface area contributed by atoms with Crippen LogP contribution in [0.1, 0.15) is 47.4 Å². The average Bonchev–Trinajstić information content (AvgIpc) is 2.77. The molecule has 2 amide bonds. The van der Waals surface area contributed by atoms with Crippen molar-refractivity contribution in [1.82, 2.24) is 10.2 Å². The van der Waals surface area contributed by atoms with Gasteiger partial charge in [0.2, 0.25) is 5.91 Å². The second-order valence-electron chi connectivity index (χ2n) is 8.03. The lowest BCUT2D eigenvalue weighted by molar-refractivity contribution is -0.135. The highest BCUT2D eigenvalue weighted by Gasteiger charge is 2.33. The van der Waals surface area contributed by atoms with Crippen LogP contribution in [-0.2, 0) is 4.79 Å². The van der Waals surface area contributed by atoms with Crippen molar-refractivity contribution in [3.63, 3.8) is 0 Å². The van der Waals surface area contributed by atoms with Gasteiger partial charge in [-0.2, -0.15) is 0 Å². The SMILES string of the molecule is CC(C)[C@@H](NC(=O)c1ccc(Br)cc1)C(=O)N1CCC(C(=O)c2ccccc2)CC1. The zero-order chi connectivity index (χ0) is 21.7. The first-order chi connectivity index (χ1) is 14.4. The van der Waals surface area contributed by atoms with Crippen LogP contribution in [0.25, 0.3) is 0 Å². The first-order valence-electron chi connectivity index (χ1n) is 10.3. The van der Waals surface area contributed by atoms with Gasteiger partial charge in [0.05, 0.1) is 0 Å². The molecule has 0 radical (unpaired) electrons. The van der Waals surface area contributed by atoms with Crippen LogP contribution in [0.2, 0.25) is 0 Å². The Morgan fingerprint density at radius 2 is 1.53 bits per heavy atom. The van der Waals surface area contributed by atoms with Crippen LogP contribution in [0.5, 0.6) is 0 Å². The van der Waals surface area contributed by atoms with Crippen molar-refractivity contribution >= 4 is 33.5 Å². The summed E-state index contributed by atoms with van der Waals surface area (Å²) < 4.78 is 0.892. The minimum Gasteiger partial charge on any atom is -0.341 e. The molecule has 0 aliphatic carbocycles. The molecule has 2 aromatic carbocycles. The molecule has 5 nitrogen and oxygen atoms in total.